The van der Waals surface area contributed by atoms with Crippen molar-refractivity contribution in [3.05, 3.63) is 0 Å². The molecule has 0 spiro atoms. The van der Waals surface area contributed by atoms with Crippen LogP contribution in [-0.2, 0) is 4.79 Å². The molecule has 2 fully saturated rings. The molecule has 0 radical (unpaired) electrons. The Morgan fingerprint density at radius 2 is 1.62 bits per heavy atom. The van der Waals surface area contributed by atoms with Gasteiger partial charge < -0.3 is 15.7 Å². The number of hydrogen-bond acceptors (Lipinski definition) is 2. The molecule has 0 saturated heterocycles. The van der Waals surface area contributed by atoms with Crippen molar-refractivity contribution in [1.29, 1.82) is 0 Å². The lowest BCUT2D eigenvalue weighted by Crippen LogP contribution is -2.50. The highest BCUT2D eigenvalue weighted by atomic mass is 16.4. The minimum Gasteiger partial charge on any atom is -0.481 e. The molecule has 2 rings (SSSR count). The van der Waals surface area contributed by atoms with E-state index >= 15 is 0 Å². The van der Waals surface area contributed by atoms with Crippen LogP contribution in [0.1, 0.15) is 58.8 Å². The second kappa shape index (κ2) is 7.14. The first-order valence-electron chi connectivity index (χ1n) is 8.25. The summed E-state index contributed by atoms with van der Waals surface area (Å²) in [6, 6.07) is 0.315. The zero-order valence-corrected chi connectivity index (χ0v) is 13.1. The summed E-state index contributed by atoms with van der Waals surface area (Å²) in [5, 5.41) is 15.1. The molecule has 0 bridgehead atoms. The number of aliphatic carboxylic acids is 1. The molecule has 3 N–H and O–H groups in total. The largest absolute Gasteiger partial charge is 0.481 e. The molecule has 2 saturated carbocycles. The lowest BCUT2D eigenvalue weighted by Gasteiger charge is -2.34. The monoisotopic (exact) mass is 296 g/mol. The SMILES string of the molecule is CC1CCC(NC(=O)NC2CCC(C(=O)O)CC2)C(C)C1. The average Bonchev–Trinajstić information content (AvgIpc) is 2.42. The van der Waals surface area contributed by atoms with Crippen LogP contribution in [-0.4, -0.2) is 29.2 Å². The van der Waals surface area contributed by atoms with E-state index in [1.807, 2.05) is 0 Å². The maximum Gasteiger partial charge on any atom is 0.315 e. The summed E-state index contributed by atoms with van der Waals surface area (Å²) < 4.78 is 0. The second-order valence-corrected chi connectivity index (χ2v) is 7.01. The van der Waals surface area contributed by atoms with E-state index in [4.69, 9.17) is 5.11 Å². The molecular weight excluding hydrogens is 268 g/mol. The van der Waals surface area contributed by atoms with Crippen LogP contribution in [0.25, 0.3) is 0 Å². The fourth-order valence-electron chi connectivity index (χ4n) is 3.76. The summed E-state index contributed by atoms with van der Waals surface area (Å²) in [7, 11) is 0. The Kier molecular flexibility index (Phi) is 5.48. The summed E-state index contributed by atoms with van der Waals surface area (Å²) in [5.41, 5.74) is 0. The van der Waals surface area contributed by atoms with Crippen LogP contribution in [0.3, 0.4) is 0 Å². The van der Waals surface area contributed by atoms with Crippen molar-refractivity contribution in [3.8, 4) is 0 Å². The molecule has 21 heavy (non-hydrogen) atoms. The second-order valence-electron chi connectivity index (χ2n) is 7.01. The zero-order valence-electron chi connectivity index (χ0n) is 13.1. The van der Waals surface area contributed by atoms with Gasteiger partial charge in [-0.05, 0) is 56.8 Å². The molecule has 0 heterocycles. The van der Waals surface area contributed by atoms with E-state index in [0.29, 0.717) is 18.8 Å². The number of nitrogens with one attached hydrogen (secondary N) is 2. The number of amides is 2. The highest BCUT2D eigenvalue weighted by Crippen LogP contribution is 2.28. The minimum absolute atomic E-state index is 0.0832. The maximum atomic E-state index is 12.1. The molecule has 5 nitrogen and oxygen atoms in total. The highest BCUT2D eigenvalue weighted by Gasteiger charge is 2.29. The molecule has 0 aromatic carbocycles. The van der Waals surface area contributed by atoms with Gasteiger partial charge in [0.2, 0.25) is 0 Å². The molecular formula is C16H28N2O3. The molecule has 0 aromatic heterocycles. The predicted octanol–water partition coefficient (Wildman–Crippen LogP) is 2.75. The van der Waals surface area contributed by atoms with Crippen molar-refractivity contribution in [2.75, 3.05) is 0 Å². The number of carbonyl (C=O) groups excluding carboxylic acids is 1. The Hall–Kier alpha value is -1.26. The van der Waals surface area contributed by atoms with Crippen molar-refractivity contribution in [3.63, 3.8) is 0 Å². The van der Waals surface area contributed by atoms with Gasteiger partial charge in [-0.2, -0.15) is 0 Å². The third kappa shape index (κ3) is 4.61. The zero-order chi connectivity index (χ0) is 15.4. The third-order valence-corrected chi connectivity index (χ3v) is 5.16. The Morgan fingerprint density at radius 1 is 0.952 bits per heavy atom. The topological polar surface area (TPSA) is 78.4 Å². The smallest absolute Gasteiger partial charge is 0.315 e. The van der Waals surface area contributed by atoms with Crippen LogP contribution in [0.4, 0.5) is 4.79 Å². The molecule has 0 aliphatic heterocycles. The Bertz CT molecular complexity index is 378. The molecule has 2 aliphatic carbocycles. The number of carbonyl (C=O) groups is 2. The molecule has 2 aliphatic rings. The van der Waals surface area contributed by atoms with E-state index in [1.165, 1.54) is 12.8 Å². The first kappa shape index (κ1) is 16.1. The van der Waals surface area contributed by atoms with Crippen molar-refractivity contribution in [1.82, 2.24) is 10.6 Å². The average molecular weight is 296 g/mol. The summed E-state index contributed by atoms with van der Waals surface area (Å²) in [6.45, 7) is 4.48. The molecule has 0 aromatic rings. The van der Waals surface area contributed by atoms with Gasteiger partial charge in [-0.3, -0.25) is 4.79 Å². The van der Waals surface area contributed by atoms with Crippen LogP contribution < -0.4 is 10.6 Å². The fraction of sp³-hybridized carbons (Fsp3) is 0.875. The van der Waals surface area contributed by atoms with E-state index < -0.39 is 5.97 Å². The van der Waals surface area contributed by atoms with Gasteiger partial charge in [0.05, 0.1) is 5.92 Å². The summed E-state index contributed by atoms with van der Waals surface area (Å²) in [6.07, 6.45) is 6.27. The summed E-state index contributed by atoms with van der Waals surface area (Å²) in [4.78, 5) is 23.0. The van der Waals surface area contributed by atoms with E-state index in [2.05, 4.69) is 24.5 Å². The first-order valence-corrected chi connectivity index (χ1v) is 8.25. The number of carboxylic acids is 1. The molecule has 3 atom stereocenters. The van der Waals surface area contributed by atoms with Crippen LogP contribution in [0.2, 0.25) is 0 Å². The van der Waals surface area contributed by atoms with Gasteiger partial charge in [0, 0.05) is 12.1 Å². The number of hydrogen-bond donors (Lipinski definition) is 3. The Morgan fingerprint density at radius 3 is 2.19 bits per heavy atom. The van der Waals surface area contributed by atoms with Gasteiger partial charge >= 0.3 is 12.0 Å². The van der Waals surface area contributed by atoms with Gasteiger partial charge in [-0.15, -0.1) is 0 Å². The van der Waals surface area contributed by atoms with Gasteiger partial charge in [-0.25, -0.2) is 4.79 Å². The van der Waals surface area contributed by atoms with E-state index in [1.54, 1.807) is 0 Å². The van der Waals surface area contributed by atoms with Crippen molar-refractivity contribution >= 4 is 12.0 Å². The van der Waals surface area contributed by atoms with Crippen molar-refractivity contribution in [2.45, 2.75) is 70.9 Å². The normalized spacial score (nSPS) is 36.8. The van der Waals surface area contributed by atoms with Gasteiger partial charge in [0.25, 0.3) is 0 Å². The molecule has 3 unspecified atom stereocenters. The lowest BCUT2D eigenvalue weighted by molar-refractivity contribution is -0.142. The quantitative estimate of drug-likeness (QED) is 0.749. The Labute approximate surface area is 126 Å². The fourth-order valence-corrected chi connectivity index (χ4v) is 3.76. The van der Waals surface area contributed by atoms with Gasteiger partial charge in [0.15, 0.2) is 0 Å². The van der Waals surface area contributed by atoms with Gasteiger partial charge in [-0.1, -0.05) is 13.8 Å². The van der Waals surface area contributed by atoms with Gasteiger partial charge in [0.1, 0.15) is 0 Å². The third-order valence-electron chi connectivity index (χ3n) is 5.16. The van der Waals surface area contributed by atoms with Crippen LogP contribution in [0, 0.1) is 17.8 Å². The number of rotatable bonds is 3. The summed E-state index contributed by atoms with van der Waals surface area (Å²) >= 11 is 0. The standard InChI is InChI=1S/C16H28N2O3/c1-10-3-8-14(11(2)9-10)18-16(21)17-13-6-4-12(5-7-13)15(19)20/h10-14H,3-9H2,1-2H3,(H,19,20)(H2,17,18,21). The lowest BCUT2D eigenvalue weighted by atomic mass is 9.80. The molecule has 5 heteroatoms. The molecule has 2 amide bonds. The summed E-state index contributed by atoms with van der Waals surface area (Å²) in [5.74, 6) is 0.351. The molecule has 120 valence electrons. The predicted molar refractivity (Wildman–Crippen MR) is 81.0 cm³/mol. The number of urea groups is 1. The Balaban J connectivity index is 1.71. The number of carboxylic acid groups (broad SMARTS) is 1. The maximum absolute atomic E-state index is 12.1. The highest BCUT2D eigenvalue weighted by molar-refractivity contribution is 5.74. The van der Waals surface area contributed by atoms with E-state index in [0.717, 1.165) is 25.2 Å². The first-order chi connectivity index (χ1) is 9.95. The van der Waals surface area contributed by atoms with Crippen molar-refractivity contribution < 1.29 is 14.7 Å². The van der Waals surface area contributed by atoms with Crippen LogP contribution in [0.15, 0.2) is 0 Å². The minimum atomic E-state index is -0.706. The van der Waals surface area contributed by atoms with Crippen LogP contribution in [0.5, 0.6) is 0 Å². The van der Waals surface area contributed by atoms with Crippen LogP contribution >= 0.6 is 0 Å². The van der Waals surface area contributed by atoms with E-state index in [9.17, 15) is 9.59 Å². The van der Waals surface area contributed by atoms with E-state index in [-0.39, 0.29) is 24.0 Å². The van der Waals surface area contributed by atoms with Crippen molar-refractivity contribution in [2.24, 2.45) is 17.8 Å².